The highest BCUT2D eigenvalue weighted by Gasteiger charge is 2.16. The zero-order valence-corrected chi connectivity index (χ0v) is 24.0. The van der Waals surface area contributed by atoms with Crippen LogP contribution in [-0.2, 0) is 14.3 Å². The number of methoxy groups -OCH3 is 1. The Morgan fingerprint density at radius 3 is 2.34 bits per heavy atom. The Balaban J connectivity index is 1.78. The number of carbonyl (C=O) groups excluding carboxylic acids is 3. The van der Waals surface area contributed by atoms with Crippen LogP contribution >= 0.6 is 43.5 Å². The van der Waals surface area contributed by atoms with E-state index in [1.807, 2.05) is 13.0 Å². The van der Waals surface area contributed by atoms with Crippen molar-refractivity contribution in [3.63, 3.8) is 0 Å². The van der Waals surface area contributed by atoms with Gasteiger partial charge in [-0.1, -0.05) is 33.6 Å². The predicted octanol–water partition coefficient (Wildman–Crippen LogP) is 6.52. The molecule has 8 nitrogen and oxygen atoms in total. The van der Waals surface area contributed by atoms with Gasteiger partial charge in [0.05, 0.1) is 17.1 Å². The fourth-order valence-corrected chi connectivity index (χ4v) is 4.71. The quantitative estimate of drug-likeness (QED) is 0.161. The number of ether oxygens (including phenoxy) is 2. The maximum Gasteiger partial charge on any atom is 0.337 e. The van der Waals surface area contributed by atoms with Crippen molar-refractivity contribution in [3.05, 3.63) is 90.8 Å². The van der Waals surface area contributed by atoms with Gasteiger partial charge in [-0.2, -0.15) is 5.26 Å². The van der Waals surface area contributed by atoms with E-state index >= 15 is 0 Å². The van der Waals surface area contributed by atoms with Crippen molar-refractivity contribution >= 4 is 78.7 Å². The van der Waals surface area contributed by atoms with E-state index in [4.69, 9.17) is 16.3 Å². The predicted molar refractivity (Wildman–Crippen MR) is 152 cm³/mol. The van der Waals surface area contributed by atoms with Gasteiger partial charge in [-0.05, 0) is 83.0 Å². The van der Waals surface area contributed by atoms with Crippen molar-refractivity contribution in [2.45, 2.75) is 6.92 Å². The number of rotatable bonds is 8. The third-order valence-electron chi connectivity index (χ3n) is 5.07. The summed E-state index contributed by atoms with van der Waals surface area (Å²) in [6, 6.07) is 16.4. The zero-order chi connectivity index (χ0) is 27.8. The van der Waals surface area contributed by atoms with Crippen LogP contribution in [0.25, 0.3) is 6.08 Å². The SMILES string of the molecule is COC(=O)c1ccc(NC(=O)/C(C#N)=C\c2cc(Br)cc(Br)c2OCC(=O)Nc2ccc(C)c(Cl)c2)cc1. The standard InChI is InChI=1S/C27H20Br2ClN3O5/c1-15-3-6-21(12-23(15)30)32-24(34)14-38-25-17(10-19(28)11-22(25)29)9-18(13-31)26(35)33-20-7-4-16(5-8-20)27(36)37-2/h3-12H,14H2,1-2H3,(H,32,34)(H,33,35)/b18-9-. The first-order valence-corrected chi connectivity index (χ1v) is 12.9. The van der Waals surface area contributed by atoms with Crippen LogP contribution in [0.1, 0.15) is 21.5 Å². The first-order chi connectivity index (χ1) is 18.1. The fraction of sp³-hybridized carbons (Fsp3) is 0.111. The number of nitriles is 1. The summed E-state index contributed by atoms with van der Waals surface area (Å²) in [5, 5.41) is 15.5. The first-order valence-electron chi connectivity index (χ1n) is 10.9. The van der Waals surface area contributed by atoms with Crippen molar-refractivity contribution in [1.29, 1.82) is 5.26 Å². The number of nitrogens with zero attached hydrogens (tertiary/aromatic N) is 1. The molecule has 0 heterocycles. The van der Waals surface area contributed by atoms with Gasteiger partial charge in [0.1, 0.15) is 17.4 Å². The second-order valence-corrected chi connectivity index (χ2v) is 9.98. The second-order valence-electron chi connectivity index (χ2n) is 7.80. The normalized spacial score (nSPS) is 10.8. The summed E-state index contributed by atoms with van der Waals surface area (Å²) in [6.45, 7) is 1.51. The monoisotopic (exact) mass is 659 g/mol. The van der Waals surface area contributed by atoms with Crippen molar-refractivity contribution < 1.29 is 23.9 Å². The molecule has 0 spiro atoms. The van der Waals surface area contributed by atoms with E-state index in [9.17, 15) is 19.6 Å². The number of benzene rings is 3. The molecule has 2 N–H and O–H groups in total. The van der Waals surface area contributed by atoms with Gasteiger partial charge in [0.15, 0.2) is 6.61 Å². The van der Waals surface area contributed by atoms with E-state index in [-0.39, 0.29) is 17.9 Å². The molecule has 0 fully saturated rings. The summed E-state index contributed by atoms with van der Waals surface area (Å²) < 4.78 is 11.6. The molecule has 0 aliphatic carbocycles. The van der Waals surface area contributed by atoms with Crippen LogP contribution in [0, 0.1) is 18.3 Å². The smallest absolute Gasteiger partial charge is 0.337 e. The molecular formula is C27H20Br2ClN3O5. The number of esters is 1. The lowest BCUT2D eigenvalue weighted by Crippen LogP contribution is -2.20. The van der Waals surface area contributed by atoms with Gasteiger partial charge < -0.3 is 20.1 Å². The van der Waals surface area contributed by atoms with E-state index in [0.29, 0.717) is 36.5 Å². The maximum absolute atomic E-state index is 12.8. The Morgan fingerprint density at radius 2 is 1.71 bits per heavy atom. The summed E-state index contributed by atoms with van der Waals surface area (Å²) in [7, 11) is 1.27. The molecule has 0 radical (unpaired) electrons. The Kier molecular flexibility index (Phi) is 10.1. The van der Waals surface area contributed by atoms with Crippen LogP contribution in [0.5, 0.6) is 5.75 Å². The molecule has 2 amide bonds. The van der Waals surface area contributed by atoms with E-state index in [1.165, 1.54) is 37.5 Å². The number of hydrogen-bond acceptors (Lipinski definition) is 6. The molecule has 0 saturated heterocycles. The number of hydrogen-bond donors (Lipinski definition) is 2. The molecule has 11 heteroatoms. The largest absolute Gasteiger partial charge is 0.482 e. The molecule has 194 valence electrons. The van der Waals surface area contributed by atoms with Gasteiger partial charge in [0.25, 0.3) is 11.8 Å². The topological polar surface area (TPSA) is 118 Å². The van der Waals surface area contributed by atoms with E-state index in [1.54, 1.807) is 30.3 Å². The van der Waals surface area contributed by atoms with Crippen molar-refractivity contribution in [3.8, 4) is 11.8 Å². The van der Waals surface area contributed by atoms with Crippen LogP contribution < -0.4 is 15.4 Å². The number of amides is 2. The average Bonchev–Trinajstić information content (AvgIpc) is 2.88. The average molecular weight is 662 g/mol. The first kappa shape index (κ1) is 28.9. The van der Waals surface area contributed by atoms with Gasteiger partial charge in [-0.25, -0.2) is 4.79 Å². The Labute approximate surface area is 240 Å². The number of nitrogens with one attached hydrogen (secondary N) is 2. The van der Waals surface area contributed by atoms with Crippen molar-refractivity contribution in [2.75, 3.05) is 24.4 Å². The second kappa shape index (κ2) is 13.2. The van der Waals surface area contributed by atoms with Crippen LogP contribution in [-0.4, -0.2) is 31.5 Å². The molecule has 0 atom stereocenters. The van der Waals surface area contributed by atoms with Crippen LogP contribution in [0.4, 0.5) is 11.4 Å². The molecule has 0 aliphatic rings. The Hall–Kier alpha value is -3.65. The lowest BCUT2D eigenvalue weighted by Gasteiger charge is -2.13. The molecule has 3 aromatic carbocycles. The van der Waals surface area contributed by atoms with Crippen LogP contribution in [0.3, 0.4) is 0 Å². The summed E-state index contributed by atoms with van der Waals surface area (Å²) >= 11 is 12.9. The van der Waals surface area contributed by atoms with Crippen LogP contribution in [0.15, 0.2) is 69.1 Å². The highest BCUT2D eigenvalue weighted by Crippen LogP contribution is 2.34. The third-order valence-corrected chi connectivity index (χ3v) is 6.52. The summed E-state index contributed by atoms with van der Waals surface area (Å²) in [5.41, 5.74) is 2.26. The highest BCUT2D eigenvalue weighted by atomic mass is 79.9. The summed E-state index contributed by atoms with van der Waals surface area (Å²) in [6.07, 6.45) is 1.35. The Bertz CT molecular complexity index is 1470. The van der Waals surface area contributed by atoms with E-state index in [2.05, 4.69) is 47.2 Å². The van der Waals surface area contributed by atoms with E-state index in [0.717, 1.165) is 5.56 Å². The van der Waals surface area contributed by atoms with Gasteiger partial charge in [0, 0.05) is 26.4 Å². The minimum Gasteiger partial charge on any atom is -0.482 e. The minimum absolute atomic E-state index is 0.212. The number of carbonyl (C=O) groups is 3. The lowest BCUT2D eigenvalue weighted by atomic mass is 10.1. The molecule has 3 rings (SSSR count). The number of aryl methyl sites for hydroxylation is 1. The molecule has 0 bridgehead atoms. The van der Waals surface area contributed by atoms with Crippen LogP contribution in [0.2, 0.25) is 5.02 Å². The highest BCUT2D eigenvalue weighted by molar-refractivity contribution is 9.11. The fourth-order valence-electron chi connectivity index (χ4n) is 3.16. The molecule has 0 unspecified atom stereocenters. The van der Waals surface area contributed by atoms with Gasteiger partial charge in [0.2, 0.25) is 0 Å². The lowest BCUT2D eigenvalue weighted by molar-refractivity contribution is -0.118. The van der Waals surface area contributed by atoms with E-state index < -0.39 is 17.8 Å². The minimum atomic E-state index is -0.672. The summed E-state index contributed by atoms with van der Waals surface area (Å²) in [4.78, 5) is 36.9. The third kappa shape index (κ3) is 7.68. The van der Waals surface area contributed by atoms with Gasteiger partial charge in [-0.3, -0.25) is 9.59 Å². The number of anilines is 2. The number of halogens is 3. The van der Waals surface area contributed by atoms with Gasteiger partial charge in [-0.15, -0.1) is 0 Å². The molecule has 0 aromatic heterocycles. The molecule has 38 heavy (non-hydrogen) atoms. The maximum atomic E-state index is 12.8. The zero-order valence-electron chi connectivity index (χ0n) is 20.1. The van der Waals surface area contributed by atoms with Crippen molar-refractivity contribution in [1.82, 2.24) is 0 Å². The molecule has 3 aromatic rings. The van der Waals surface area contributed by atoms with Gasteiger partial charge >= 0.3 is 5.97 Å². The summed E-state index contributed by atoms with van der Waals surface area (Å²) in [5.74, 6) is -1.35. The molecule has 0 saturated carbocycles. The van der Waals surface area contributed by atoms with Crippen molar-refractivity contribution in [2.24, 2.45) is 0 Å². The Morgan fingerprint density at radius 1 is 1.03 bits per heavy atom. The molecule has 0 aliphatic heterocycles. The molecular weight excluding hydrogens is 642 g/mol.